The van der Waals surface area contributed by atoms with Gasteiger partial charge in [0.15, 0.2) is 51.1 Å². The number of ether oxygens (including phenoxy) is 8. The van der Waals surface area contributed by atoms with Crippen molar-refractivity contribution in [3.05, 3.63) is 145 Å². The zero-order valence-corrected chi connectivity index (χ0v) is 65.6. The molecule has 9 aliphatic heterocycles. The average Bonchev–Trinajstić information content (AvgIpc) is 1.56. The third-order valence-corrected chi connectivity index (χ3v) is 22.1. The molecular weight excluding hydrogens is 1580 g/mol. The van der Waals surface area contributed by atoms with Crippen LogP contribution in [0.5, 0.6) is 23.0 Å². The number of nitrogens with zero attached hydrogens (tertiary/aromatic N) is 8. The number of carbonyl (C=O) groups is 12. The number of carbonyl (C=O) groups excluding carboxylic acids is 10. The summed E-state index contributed by atoms with van der Waals surface area (Å²) in [6.45, 7) is 11.0. The highest BCUT2D eigenvalue weighted by atomic mass is 32.1. The number of rotatable bonds is 22. The lowest BCUT2D eigenvalue weighted by molar-refractivity contribution is -0.263. The van der Waals surface area contributed by atoms with Crippen molar-refractivity contribution in [2.45, 2.75) is 165 Å². The lowest BCUT2D eigenvalue weighted by Crippen LogP contribution is -2.57. The maximum absolute atomic E-state index is 14.5. The lowest BCUT2D eigenvalue weighted by Gasteiger charge is -2.35. The minimum absolute atomic E-state index is 0.0209. The van der Waals surface area contributed by atoms with Crippen molar-refractivity contribution < 1.29 is 135 Å². The van der Waals surface area contributed by atoms with Crippen LogP contribution < -0.4 is 15.2 Å². The van der Waals surface area contributed by atoms with Crippen LogP contribution in [0, 0.1) is 18.8 Å². The first-order chi connectivity index (χ1) is 55.5. The second kappa shape index (κ2) is 31.2. The van der Waals surface area contributed by atoms with E-state index in [2.05, 4.69) is 20.3 Å². The van der Waals surface area contributed by atoms with Crippen LogP contribution in [-0.2, 0) is 115 Å². The van der Waals surface area contributed by atoms with Crippen LogP contribution >= 0.6 is 22.7 Å². The molecule has 15 rings (SSSR count). The first-order valence-corrected chi connectivity index (χ1v) is 38.8. The van der Waals surface area contributed by atoms with Gasteiger partial charge in [-0.05, 0) is 83.9 Å². The zero-order chi connectivity index (χ0) is 83.6. The second-order valence-electron chi connectivity index (χ2n) is 30.9. The first-order valence-electron chi connectivity index (χ1n) is 37.0. The van der Waals surface area contributed by atoms with E-state index in [0.29, 0.717) is 32.2 Å². The number of anilines is 1. The smallest absolute Gasteiger partial charge is 0.375 e. The Balaban J connectivity index is 0.000000206. The molecule has 0 radical (unpaired) electrons. The van der Waals surface area contributed by atoms with E-state index in [1.54, 1.807) is 66.0 Å². The number of oxime groups is 2. The van der Waals surface area contributed by atoms with Gasteiger partial charge < -0.3 is 83.5 Å². The normalized spacial score (nSPS) is 23.9. The van der Waals surface area contributed by atoms with Gasteiger partial charge in [0.05, 0.1) is 69.3 Å². The topological polar surface area (TPSA) is 486 Å². The number of Topliss-reactive ketones (excluding diaryl/α,β-unsaturated/α-hetero) is 2. The first kappa shape index (κ1) is 81.5. The molecule has 9 aliphatic rings. The van der Waals surface area contributed by atoms with E-state index in [1.807, 2.05) is 60.7 Å². The third kappa shape index (κ3) is 15.5. The molecule has 0 saturated carbocycles. The molecule has 117 heavy (non-hydrogen) atoms. The number of ketones is 2. The van der Waals surface area contributed by atoms with Gasteiger partial charge in [0, 0.05) is 84.6 Å². The molecule has 616 valence electrons. The molecule has 6 N–H and O–H groups in total. The van der Waals surface area contributed by atoms with Gasteiger partial charge in [0.25, 0.3) is 23.6 Å². The Hall–Kier alpha value is -12.0. The number of nitrogens with two attached hydrogens (primary N) is 1. The van der Waals surface area contributed by atoms with Crippen molar-refractivity contribution in [2.75, 3.05) is 45.4 Å². The molecule has 6 saturated heterocycles. The quantitative estimate of drug-likeness (QED) is 0.0179. The number of hydrogen-bond acceptors (Lipinski definition) is 33. The number of amides is 4. The molecule has 11 heterocycles. The van der Waals surface area contributed by atoms with Crippen LogP contribution in [0.2, 0.25) is 0 Å². The van der Waals surface area contributed by atoms with Crippen molar-refractivity contribution in [1.82, 2.24) is 29.9 Å². The summed E-state index contributed by atoms with van der Waals surface area (Å²) in [4.78, 5) is 196. The number of carboxylic acid groups (broad SMARTS) is 2. The molecular formula is C78H79N9O28S2. The summed E-state index contributed by atoms with van der Waals surface area (Å²) in [6.07, 6.45) is -2.36. The highest BCUT2D eigenvalue weighted by molar-refractivity contribution is 7.13. The fourth-order valence-electron chi connectivity index (χ4n) is 14.7. The van der Waals surface area contributed by atoms with E-state index in [4.69, 9.17) is 63.0 Å². The monoisotopic (exact) mass is 1650 g/mol. The molecule has 2 unspecified atom stereocenters. The maximum Gasteiger partial charge on any atom is 0.375 e. The predicted molar refractivity (Wildman–Crippen MR) is 398 cm³/mol. The summed E-state index contributed by atoms with van der Waals surface area (Å²) in [5.74, 6) is -16.0. The number of aliphatic carboxylic acids is 2. The van der Waals surface area contributed by atoms with Gasteiger partial charge in [-0.2, -0.15) is 10.1 Å². The molecule has 37 nitrogen and oxygen atoms in total. The number of nitrogen functional groups attached to an aromatic ring is 1. The van der Waals surface area contributed by atoms with Gasteiger partial charge >= 0.3 is 53.1 Å². The van der Waals surface area contributed by atoms with E-state index < -0.39 is 191 Å². The van der Waals surface area contributed by atoms with Crippen molar-refractivity contribution in [1.29, 1.82) is 0 Å². The van der Waals surface area contributed by atoms with Crippen LogP contribution in [-0.4, -0.2) is 218 Å². The fraction of sp³-hybridized carbons (Fsp3) is 0.436. The summed E-state index contributed by atoms with van der Waals surface area (Å²) in [6, 6.07) is 21.4. The molecule has 6 fully saturated rings. The van der Waals surface area contributed by atoms with Crippen LogP contribution in [0.3, 0.4) is 0 Å². The number of phenolic OH excluding ortho intramolecular Hbond substituents is 2. The fourth-order valence-corrected chi connectivity index (χ4v) is 15.8. The van der Waals surface area contributed by atoms with Gasteiger partial charge in [0.1, 0.15) is 34.7 Å². The number of aryl methyl sites for hydroxylation is 1. The molecule has 0 spiro atoms. The third-order valence-electron chi connectivity index (χ3n) is 20.6. The van der Waals surface area contributed by atoms with Crippen LogP contribution in [0.25, 0.3) is 0 Å². The minimum Gasteiger partial charge on any atom is -0.504 e. The molecule has 4 amide bonds. The number of thiazole rings is 2. The van der Waals surface area contributed by atoms with Crippen molar-refractivity contribution in [3.8, 4) is 23.0 Å². The Morgan fingerprint density at radius 1 is 0.564 bits per heavy atom. The Labute approximate surface area is 672 Å². The molecule has 6 atom stereocenters. The van der Waals surface area contributed by atoms with Crippen molar-refractivity contribution in [3.63, 3.8) is 0 Å². The highest BCUT2D eigenvalue weighted by Crippen LogP contribution is 2.52. The van der Waals surface area contributed by atoms with Crippen LogP contribution in [0.4, 0.5) is 5.13 Å². The summed E-state index contributed by atoms with van der Waals surface area (Å²) < 4.78 is 46.5. The van der Waals surface area contributed by atoms with Crippen molar-refractivity contribution in [2.24, 2.45) is 22.1 Å². The van der Waals surface area contributed by atoms with E-state index in [9.17, 15) is 78.0 Å². The van der Waals surface area contributed by atoms with Gasteiger partial charge in [0.2, 0.25) is 11.2 Å². The summed E-state index contributed by atoms with van der Waals surface area (Å²) >= 11 is 2.22. The Morgan fingerprint density at radius 2 is 1.01 bits per heavy atom. The Morgan fingerprint density at radius 3 is 1.50 bits per heavy atom. The predicted octanol–water partition coefficient (Wildman–Crippen LogP) is 5.69. The lowest BCUT2D eigenvalue weighted by atomic mass is 9.94. The molecule has 0 aliphatic carbocycles. The molecule has 39 heteroatoms. The van der Waals surface area contributed by atoms with Crippen LogP contribution in [0.15, 0.2) is 106 Å². The summed E-state index contributed by atoms with van der Waals surface area (Å²) in [7, 11) is 0. The van der Waals surface area contributed by atoms with Gasteiger partial charge in [-0.1, -0.05) is 71.0 Å². The minimum atomic E-state index is -2.71. The molecule has 2 aromatic heterocycles. The number of benzene rings is 4. The number of hydrogen-bond donors (Lipinski definition) is 5. The summed E-state index contributed by atoms with van der Waals surface area (Å²) in [5, 5.41) is 52.4. The second-order valence-corrected chi connectivity index (χ2v) is 32.9. The number of fused-ring (bicyclic) bond motifs is 3. The van der Waals surface area contributed by atoms with E-state index >= 15 is 0 Å². The number of phenols is 2. The number of aromatic hydroxyl groups is 2. The number of carboxylic acids is 2. The molecule has 6 aromatic rings. The Bertz CT molecular complexity index is 5080. The molecule has 4 aromatic carbocycles. The highest BCUT2D eigenvalue weighted by Gasteiger charge is 2.67. The van der Waals surface area contributed by atoms with E-state index in [-0.39, 0.29) is 104 Å². The maximum atomic E-state index is 14.5. The van der Waals surface area contributed by atoms with E-state index in [1.165, 1.54) is 21.6 Å². The summed E-state index contributed by atoms with van der Waals surface area (Å²) in [5.41, 5.74) is -2.92. The number of hydroxylamine groups is 4. The van der Waals surface area contributed by atoms with Gasteiger partial charge in [-0.15, -0.1) is 22.7 Å². The number of cyclic esters (lactones) is 2. The van der Waals surface area contributed by atoms with Gasteiger partial charge in [-0.25, -0.2) is 38.7 Å². The number of esters is 4. The molecule has 0 bridgehead atoms. The standard InChI is InChI=1S/C50H52N4O14S.C28H27N5O14S/c1-29-51-35(28-69-29)40(52-68-48(18-20-61-21-19-48)44(59)66-46(2,3)4)37(55)22-31-27-62-54(41(31)56)49(45(60)67-47(5,6)7)25-36(43(58)65-49)53-26-30-23-38-39(24-34(30)42(53)57)64-50(63-38,32-14-10-8-11-15-32)33-16-12-9-13-17-33;29-26-30-15(11-48-26)20(31-47-27(24(40)41)1-3-44-4-2-27)19(36)6-13-10-45-33(21(13)37)28(25(42)43)8-16(23(39)46-28)32-9-12-5-17(34)18(35)7-14(12)22(32)38/h8-17,23-24,28,31,36H,18-22,25-27H2,1-7H3;5,7,11,13,16,34-35H,1-4,6,8-10H2,(H2,29,30)(H,40,41)(H,42,43)/b52-40-;31-20-/t31-,36-,49?;13-,16-,28?/m00/s1. The number of aromatic nitrogens is 2. The SMILES string of the molecule is Cc1nc(/C(=N/OC2(C(=O)OC(C)(C)C)CCOCC2)C(=O)C[C@H]2CON(C3(C(=O)OC(C)(C)C)C[C@H](N4Cc5cc6c(cc5C4=O)OC(c4ccccc4)(c4ccccc4)O6)C(=O)O3)C2=O)cs1.Nc1nc(/C(=N/OC2(C(=O)O)CCOCC2)C(=O)C[C@H]2CON(C3(C(=O)O)C[C@H](N4Cc5cc(O)c(O)cc5C4=O)C(=O)O3)C2=O)cs1. The van der Waals surface area contributed by atoms with Crippen molar-refractivity contribution >= 4 is 110 Å². The zero-order valence-electron chi connectivity index (χ0n) is 63.9. The Kier molecular flexibility index (Phi) is 21.7. The van der Waals surface area contributed by atoms with Crippen LogP contribution in [0.1, 0.15) is 152 Å². The van der Waals surface area contributed by atoms with Gasteiger partial charge in [-0.3, -0.25) is 38.4 Å². The largest absolute Gasteiger partial charge is 0.504 e. The van der Waals surface area contributed by atoms with E-state index in [0.717, 1.165) is 39.5 Å². The average molecular weight is 1650 g/mol.